The number of nitrogens with one attached hydrogen (secondary N) is 3. The van der Waals surface area contributed by atoms with Crippen molar-refractivity contribution in [3.05, 3.63) is 40.2 Å². The Hall–Kier alpha value is -2.75. The van der Waals surface area contributed by atoms with E-state index in [1.807, 2.05) is 11.8 Å². The molecule has 1 unspecified atom stereocenters. The lowest BCUT2D eigenvalue weighted by Crippen LogP contribution is -2.46. The van der Waals surface area contributed by atoms with Gasteiger partial charge in [-0.15, -0.1) is 11.3 Å². The van der Waals surface area contributed by atoms with Gasteiger partial charge in [-0.05, 0) is 25.5 Å². The molecule has 3 rings (SSSR count). The first-order valence-corrected chi connectivity index (χ1v) is 9.97. The van der Waals surface area contributed by atoms with E-state index >= 15 is 0 Å². The molecule has 1 aliphatic rings. The molecule has 1 saturated heterocycles. The number of aliphatic imine (C=N–C) groups is 1. The van der Waals surface area contributed by atoms with Crippen molar-refractivity contribution in [1.29, 1.82) is 0 Å². The average Bonchev–Trinajstić information content (AvgIpc) is 3.33. The molecule has 10 heteroatoms. The maximum atomic E-state index is 13.9. The smallest absolute Gasteiger partial charge is 0.263 e. The molecular formula is C18H24FN7OS. The Morgan fingerprint density at radius 3 is 2.93 bits per heavy atom. The zero-order chi connectivity index (χ0) is 19.9. The molecule has 0 saturated carbocycles. The highest BCUT2D eigenvalue weighted by Gasteiger charge is 2.25. The first-order valence-electron chi connectivity index (χ1n) is 9.09. The molecule has 0 aromatic carbocycles. The molecule has 1 fully saturated rings. The largest absolute Gasteiger partial charge is 0.355 e. The fourth-order valence-electron chi connectivity index (χ4n) is 3.03. The molecule has 28 heavy (non-hydrogen) atoms. The van der Waals surface area contributed by atoms with Gasteiger partial charge in [0.15, 0.2) is 17.6 Å². The lowest BCUT2D eigenvalue weighted by Gasteiger charge is -2.20. The fraction of sp³-hybridized carbons (Fsp3) is 0.444. The van der Waals surface area contributed by atoms with Crippen LogP contribution >= 0.6 is 11.3 Å². The van der Waals surface area contributed by atoms with Crippen LogP contribution in [-0.2, 0) is 0 Å². The lowest BCUT2D eigenvalue weighted by molar-refractivity contribution is 0.0957. The molecule has 0 spiro atoms. The number of anilines is 1. The van der Waals surface area contributed by atoms with E-state index in [4.69, 9.17) is 0 Å². The molecular weight excluding hydrogens is 381 g/mol. The Bertz CT molecular complexity index is 841. The highest BCUT2D eigenvalue weighted by atomic mass is 32.1. The molecule has 3 N–H and O–H groups in total. The van der Waals surface area contributed by atoms with E-state index in [2.05, 4.69) is 30.9 Å². The van der Waals surface area contributed by atoms with Gasteiger partial charge in [-0.25, -0.2) is 14.4 Å². The van der Waals surface area contributed by atoms with Crippen molar-refractivity contribution in [2.24, 2.45) is 4.99 Å². The number of carbonyl (C=O) groups excluding carboxylic acids is 1. The summed E-state index contributed by atoms with van der Waals surface area (Å²) in [5, 5.41) is 9.38. The Labute approximate surface area is 167 Å². The summed E-state index contributed by atoms with van der Waals surface area (Å²) in [6, 6.07) is 3.15. The van der Waals surface area contributed by atoms with E-state index in [0.717, 1.165) is 18.7 Å². The standard InChI is InChI=1S/C18H24FN7OS/c1-12-15(28-11-24-12)17(27)22-7-8-23-18(20-2)25-13-5-9-26(10-13)16-14(19)4-3-6-21-16/h3-4,6,11,13H,5,7-10H2,1-2H3,(H,22,27)(H2,20,23,25). The number of hydrogen-bond donors (Lipinski definition) is 3. The van der Waals surface area contributed by atoms with Crippen LogP contribution in [0.2, 0.25) is 0 Å². The second-order valence-electron chi connectivity index (χ2n) is 6.41. The molecule has 2 aromatic heterocycles. The minimum absolute atomic E-state index is 0.117. The second kappa shape index (κ2) is 9.45. The minimum Gasteiger partial charge on any atom is -0.355 e. The number of aromatic nitrogens is 2. The van der Waals surface area contributed by atoms with Crippen molar-refractivity contribution < 1.29 is 9.18 Å². The maximum Gasteiger partial charge on any atom is 0.263 e. The predicted octanol–water partition coefficient (Wildman–Crippen LogP) is 1.16. The summed E-state index contributed by atoms with van der Waals surface area (Å²) in [6.07, 6.45) is 2.46. The highest BCUT2D eigenvalue weighted by molar-refractivity contribution is 7.11. The third kappa shape index (κ3) is 4.94. The van der Waals surface area contributed by atoms with Crippen LogP contribution in [0.3, 0.4) is 0 Å². The van der Waals surface area contributed by atoms with E-state index in [1.165, 1.54) is 17.4 Å². The van der Waals surface area contributed by atoms with E-state index < -0.39 is 0 Å². The monoisotopic (exact) mass is 405 g/mol. The highest BCUT2D eigenvalue weighted by Crippen LogP contribution is 2.20. The molecule has 1 amide bonds. The molecule has 8 nitrogen and oxygen atoms in total. The van der Waals surface area contributed by atoms with Gasteiger partial charge < -0.3 is 20.9 Å². The van der Waals surface area contributed by atoms with Crippen molar-refractivity contribution in [3.8, 4) is 0 Å². The van der Waals surface area contributed by atoms with E-state index in [0.29, 0.717) is 36.3 Å². The van der Waals surface area contributed by atoms with Crippen LogP contribution in [0.15, 0.2) is 28.8 Å². The Morgan fingerprint density at radius 2 is 2.21 bits per heavy atom. The number of thiazole rings is 1. The zero-order valence-corrected chi connectivity index (χ0v) is 16.7. The summed E-state index contributed by atoms with van der Waals surface area (Å²) < 4.78 is 13.9. The summed E-state index contributed by atoms with van der Waals surface area (Å²) in [5.41, 5.74) is 2.40. The van der Waals surface area contributed by atoms with Crippen molar-refractivity contribution in [2.75, 3.05) is 38.1 Å². The molecule has 1 aliphatic heterocycles. The number of amides is 1. The van der Waals surface area contributed by atoms with Gasteiger partial charge in [0, 0.05) is 45.5 Å². The van der Waals surface area contributed by atoms with E-state index in [9.17, 15) is 9.18 Å². The number of carbonyl (C=O) groups is 1. The molecule has 0 radical (unpaired) electrons. The average molecular weight is 406 g/mol. The number of pyridine rings is 1. The normalized spacial score (nSPS) is 16.9. The zero-order valence-electron chi connectivity index (χ0n) is 15.9. The van der Waals surface area contributed by atoms with Gasteiger partial charge >= 0.3 is 0 Å². The van der Waals surface area contributed by atoms with Crippen LogP contribution in [0.5, 0.6) is 0 Å². The number of halogens is 1. The number of hydrogen-bond acceptors (Lipinski definition) is 6. The van der Waals surface area contributed by atoms with Gasteiger partial charge in [0.2, 0.25) is 0 Å². The van der Waals surface area contributed by atoms with E-state index in [-0.39, 0.29) is 17.8 Å². The Balaban J connectivity index is 1.41. The Morgan fingerprint density at radius 1 is 1.39 bits per heavy atom. The molecule has 0 aliphatic carbocycles. The first-order chi connectivity index (χ1) is 13.6. The maximum absolute atomic E-state index is 13.9. The van der Waals surface area contributed by atoms with Crippen LogP contribution in [0, 0.1) is 12.7 Å². The molecule has 1 atom stereocenters. The summed E-state index contributed by atoms with van der Waals surface area (Å²) in [5.74, 6) is 0.610. The topological polar surface area (TPSA) is 94.5 Å². The summed E-state index contributed by atoms with van der Waals surface area (Å²) in [7, 11) is 1.69. The van der Waals surface area contributed by atoms with Crippen molar-refractivity contribution in [3.63, 3.8) is 0 Å². The van der Waals surface area contributed by atoms with Crippen molar-refractivity contribution in [2.45, 2.75) is 19.4 Å². The van der Waals surface area contributed by atoms with E-state index in [1.54, 1.807) is 24.8 Å². The summed E-state index contributed by atoms with van der Waals surface area (Å²) >= 11 is 1.33. The van der Waals surface area contributed by atoms with Gasteiger partial charge in [-0.2, -0.15) is 0 Å². The quantitative estimate of drug-likeness (QED) is 0.379. The Kier molecular flexibility index (Phi) is 6.75. The third-order valence-corrected chi connectivity index (χ3v) is 5.37. The molecule has 150 valence electrons. The molecule has 3 heterocycles. The predicted molar refractivity (Wildman–Crippen MR) is 108 cm³/mol. The summed E-state index contributed by atoms with van der Waals surface area (Å²) in [6.45, 7) is 4.20. The number of rotatable bonds is 6. The van der Waals surface area contributed by atoms with Crippen LogP contribution in [0.1, 0.15) is 21.8 Å². The number of aryl methyl sites for hydroxylation is 1. The number of nitrogens with zero attached hydrogens (tertiary/aromatic N) is 4. The minimum atomic E-state index is -0.308. The third-order valence-electron chi connectivity index (χ3n) is 4.45. The SMILES string of the molecule is CN=C(NCCNC(=O)c1scnc1C)NC1CCN(c2ncccc2F)C1. The number of guanidine groups is 1. The van der Waals surface area contributed by atoms with Crippen molar-refractivity contribution >= 4 is 29.0 Å². The van der Waals surface area contributed by atoms with Gasteiger partial charge in [-0.3, -0.25) is 9.79 Å². The van der Waals surface area contributed by atoms with Gasteiger partial charge in [-0.1, -0.05) is 0 Å². The summed E-state index contributed by atoms with van der Waals surface area (Å²) in [4.78, 5) is 27.0. The first kappa shape index (κ1) is 20.0. The molecule has 0 bridgehead atoms. The van der Waals surface area contributed by atoms with Crippen LogP contribution in [-0.4, -0.2) is 61.1 Å². The molecule has 2 aromatic rings. The van der Waals surface area contributed by atoms with Gasteiger partial charge in [0.05, 0.1) is 11.2 Å². The van der Waals surface area contributed by atoms with Crippen LogP contribution in [0.4, 0.5) is 10.2 Å². The van der Waals surface area contributed by atoms with Gasteiger partial charge in [0.1, 0.15) is 4.88 Å². The lowest BCUT2D eigenvalue weighted by atomic mass is 10.3. The second-order valence-corrected chi connectivity index (χ2v) is 7.26. The van der Waals surface area contributed by atoms with Gasteiger partial charge in [0.25, 0.3) is 5.91 Å². The van der Waals surface area contributed by atoms with Crippen LogP contribution in [0.25, 0.3) is 0 Å². The fourth-order valence-corrected chi connectivity index (χ4v) is 3.74. The van der Waals surface area contributed by atoms with Crippen molar-refractivity contribution in [1.82, 2.24) is 25.9 Å². The van der Waals surface area contributed by atoms with Crippen LogP contribution < -0.4 is 20.9 Å².